The molecule has 3 heteroatoms. The molecule has 0 amide bonds. The minimum atomic E-state index is 0.148. The first-order valence-electron chi connectivity index (χ1n) is 2.98. The lowest BCUT2D eigenvalue weighted by Gasteiger charge is -2.15. The van der Waals surface area contributed by atoms with Crippen molar-refractivity contribution < 1.29 is 0 Å². The molecule has 0 aromatic carbocycles. The molecule has 0 fully saturated rings. The molecule has 3 nitrogen and oxygen atoms in total. The number of rotatable bonds is 4. The van der Waals surface area contributed by atoms with Crippen molar-refractivity contribution in [2.45, 2.75) is 13.1 Å². The third-order valence-corrected chi connectivity index (χ3v) is 1.10. The Bertz CT molecular complexity index is 90.3. The minimum absolute atomic E-state index is 0.148. The van der Waals surface area contributed by atoms with Crippen molar-refractivity contribution in [3.05, 3.63) is 12.2 Å². The average Bonchev–Trinajstić information content (AvgIpc) is 1.82. The lowest BCUT2D eigenvalue weighted by molar-refractivity contribution is 0.521. The summed E-state index contributed by atoms with van der Waals surface area (Å²) in [7, 11) is 1.86. The van der Waals surface area contributed by atoms with Gasteiger partial charge in [0.05, 0.1) is 6.17 Å². The maximum Gasteiger partial charge on any atom is 0.0796 e. The van der Waals surface area contributed by atoms with Gasteiger partial charge >= 0.3 is 0 Å². The molecule has 0 aromatic heterocycles. The van der Waals surface area contributed by atoms with Crippen LogP contribution in [0.5, 0.6) is 0 Å². The molecular formula is C6H15N3. The Kier molecular flexibility index (Phi) is 4.30. The summed E-state index contributed by atoms with van der Waals surface area (Å²) in [5.74, 6) is 0. The van der Waals surface area contributed by atoms with Crippen LogP contribution in [-0.2, 0) is 0 Å². The summed E-state index contributed by atoms with van der Waals surface area (Å²) in [5, 5.41) is 6.01. The molecule has 0 radical (unpaired) electrons. The maximum atomic E-state index is 5.25. The highest BCUT2D eigenvalue weighted by Crippen LogP contribution is 1.90. The van der Waals surface area contributed by atoms with Crippen molar-refractivity contribution in [2.24, 2.45) is 5.73 Å². The third-order valence-electron chi connectivity index (χ3n) is 1.10. The van der Waals surface area contributed by atoms with Crippen LogP contribution in [0, 0.1) is 0 Å². The van der Waals surface area contributed by atoms with Crippen molar-refractivity contribution in [2.75, 3.05) is 13.7 Å². The van der Waals surface area contributed by atoms with Gasteiger partial charge in [-0.2, -0.15) is 0 Å². The monoisotopic (exact) mass is 129 g/mol. The van der Waals surface area contributed by atoms with Gasteiger partial charge in [-0.25, -0.2) is 0 Å². The van der Waals surface area contributed by atoms with Gasteiger partial charge in [0.2, 0.25) is 0 Å². The van der Waals surface area contributed by atoms with Crippen LogP contribution in [0.4, 0.5) is 0 Å². The van der Waals surface area contributed by atoms with Crippen molar-refractivity contribution in [3.63, 3.8) is 0 Å². The van der Waals surface area contributed by atoms with Gasteiger partial charge in [-0.3, -0.25) is 5.32 Å². The van der Waals surface area contributed by atoms with Gasteiger partial charge < -0.3 is 11.1 Å². The van der Waals surface area contributed by atoms with Crippen molar-refractivity contribution in [3.8, 4) is 0 Å². The molecule has 0 spiro atoms. The van der Waals surface area contributed by atoms with Gasteiger partial charge in [-0.15, -0.1) is 0 Å². The van der Waals surface area contributed by atoms with E-state index in [1.54, 1.807) is 0 Å². The SMILES string of the molecule is C=C(C)C(NC)NCN. The molecule has 0 aliphatic rings. The fourth-order valence-electron chi connectivity index (χ4n) is 0.641. The maximum absolute atomic E-state index is 5.25. The fraction of sp³-hybridized carbons (Fsp3) is 0.667. The lowest BCUT2D eigenvalue weighted by Crippen LogP contribution is -2.43. The van der Waals surface area contributed by atoms with E-state index in [1.165, 1.54) is 0 Å². The van der Waals surface area contributed by atoms with E-state index in [0.29, 0.717) is 6.67 Å². The number of hydrogen-bond acceptors (Lipinski definition) is 3. The fourth-order valence-corrected chi connectivity index (χ4v) is 0.641. The Morgan fingerprint density at radius 3 is 2.44 bits per heavy atom. The first kappa shape index (κ1) is 8.62. The summed E-state index contributed by atoms with van der Waals surface area (Å²) >= 11 is 0. The highest BCUT2D eigenvalue weighted by Gasteiger charge is 2.01. The van der Waals surface area contributed by atoms with Gasteiger partial charge in [0.15, 0.2) is 0 Å². The predicted molar refractivity (Wildman–Crippen MR) is 39.9 cm³/mol. The van der Waals surface area contributed by atoms with Crippen LogP contribution in [-0.4, -0.2) is 19.9 Å². The van der Waals surface area contributed by atoms with E-state index >= 15 is 0 Å². The van der Waals surface area contributed by atoms with Crippen LogP contribution in [0.25, 0.3) is 0 Å². The predicted octanol–water partition coefficient (Wildman–Crippen LogP) is -0.386. The number of hydrogen-bond donors (Lipinski definition) is 3. The van der Waals surface area contributed by atoms with Crippen molar-refractivity contribution >= 4 is 0 Å². The molecular weight excluding hydrogens is 114 g/mol. The van der Waals surface area contributed by atoms with Gasteiger partial charge in [0.25, 0.3) is 0 Å². The zero-order valence-electron chi connectivity index (χ0n) is 6.07. The first-order valence-corrected chi connectivity index (χ1v) is 2.98. The molecule has 4 N–H and O–H groups in total. The van der Waals surface area contributed by atoms with Gasteiger partial charge in [0.1, 0.15) is 0 Å². The first-order chi connectivity index (χ1) is 4.22. The highest BCUT2D eigenvalue weighted by atomic mass is 15.1. The Morgan fingerprint density at radius 1 is 1.78 bits per heavy atom. The second-order valence-corrected chi connectivity index (χ2v) is 1.98. The summed E-state index contributed by atoms with van der Waals surface area (Å²) in [6.45, 7) is 6.18. The number of nitrogens with one attached hydrogen (secondary N) is 2. The summed E-state index contributed by atoms with van der Waals surface area (Å²) in [6, 6.07) is 0. The average molecular weight is 129 g/mol. The third kappa shape index (κ3) is 3.24. The summed E-state index contributed by atoms with van der Waals surface area (Å²) in [5.41, 5.74) is 6.29. The molecule has 54 valence electrons. The van der Waals surface area contributed by atoms with Gasteiger partial charge in [-0.1, -0.05) is 6.58 Å². The minimum Gasteiger partial charge on any atom is -0.318 e. The van der Waals surface area contributed by atoms with Crippen LogP contribution in [0.1, 0.15) is 6.92 Å². The quantitative estimate of drug-likeness (QED) is 0.358. The topological polar surface area (TPSA) is 50.1 Å². The zero-order chi connectivity index (χ0) is 7.28. The molecule has 0 aliphatic heterocycles. The summed E-state index contributed by atoms with van der Waals surface area (Å²) < 4.78 is 0. The van der Waals surface area contributed by atoms with Crippen LogP contribution >= 0.6 is 0 Å². The van der Waals surface area contributed by atoms with Crippen LogP contribution in [0.2, 0.25) is 0 Å². The second-order valence-electron chi connectivity index (χ2n) is 1.98. The molecule has 0 aliphatic carbocycles. The van der Waals surface area contributed by atoms with E-state index < -0.39 is 0 Å². The Hall–Kier alpha value is -0.380. The standard InChI is InChI=1S/C6H15N3/c1-5(2)6(8-3)9-4-7/h6,8-9H,1,4,7H2,2-3H3. The van der Waals surface area contributed by atoms with Crippen LogP contribution < -0.4 is 16.4 Å². The number of likely N-dealkylation sites (N-methyl/N-ethyl adjacent to an activating group) is 1. The normalized spacial score (nSPS) is 13.2. The highest BCUT2D eigenvalue weighted by molar-refractivity contribution is 4.98. The van der Waals surface area contributed by atoms with Crippen molar-refractivity contribution in [1.29, 1.82) is 0 Å². The van der Waals surface area contributed by atoms with E-state index in [9.17, 15) is 0 Å². The van der Waals surface area contributed by atoms with Crippen LogP contribution in [0.3, 0.4) is 0 Å². The molecule has 1 unspecified atom stereocenters. The molecule has 0 saturated heterocycles. The summed E-state index contributed by atoms with van der Waals surface area (Å²) in [6.07, 6.45) is 0.148. The molecule has 0 saturated carbocycles. The van der Waals surface area contributed by atoms with E-state index in [2.05, 4.69) is 17.2 Å². The van der Waals surface area contributed by atoms with E-state index in [-0.39, 0.29) is 6.17 Å². The molecule has 0 bridgehead atoms. The van der Waals surface area contributed by atoms with Crippen molar-refractivity contribution in [1.82, 2.24) is 10.6 Å². The molecule has 0 aromatic rings. The van der Waals surface area contributed by atoms with Gasteiger partial charge in [0, 0.05) is 6.67 Å². The lowest BCUT2D eigenvalue weighted by atomic mass is 10.3. The zero-order valence-corrected chi connectivity index (χ0v) is 6.07. The Morgan fingerprint density at radius 2 is 2.33 bits per heavy atom. The van der Waals surface area contributed by atoms with Crippen LogP contribution in [0.15, 0.2) is 12.2 Å². The number of nitrogens with two attached hydrogens (primary N) is 1. The van der Waals surface area contributed by atoms with E-state index in [0.717, 1.165) is 5.57 Å². The second kappa shape index (κ2) is 4.49. The largest absolute Gasteiger partial charge is 0.318 e. The molecule has 0 heterocycles. The smallest absolute Gasteiger partial charge is 0.0796 e. The van der Waals surface area contributed by atoms with Gasteiger partial charge in [-0.05, 0) is 19.5 Å². The Labute approximate surface area is 56.3 Å². The van der Waals surface area contributed by atoms with E-state index in [4.69, 9.17) is 5.73 Å². The van der Waals surface area contributed by atoms with E-state index in [1.807, 2.05) is 14.0 Å². The Balaban J connectivity index is 3.54. The molecule has 1 atom stereocenters. The molecule has 0 rings (SSSR count). The molecule has 9 heavy (non-hydrogen) atoms. The summed E-state index contributed by atoms with van der Waals surface area (Å²) in [4.78, 5) is 0.